The molecule has 0 N–H and O–H groups in total. The maximum atomic E-state index is 12.8. The van der Waals surface area contributed by atoms with E-state index in [1.54, 1.807) is 11.3 Å². The molecule has 0 fully saturated rings. The average Bonchev–Trinajstić information content (AvgIpc) is 3.16. The van der Waals surface area contributed by atoms with E-state index < -0.39 is 0 Å². The molecule has 0 saturated heterocycles. The smallest absolute Gasteiger partial charge is 0.341 e. The molecule has 6 heteroatoms. The summed E-state index contributed by atoms with van der Waals surface area (Å²) in [5, 5.41) is 0.742. The summed E-state index contributed by atoms with van der Waals surface area (Å²) in [5.74, 6) is -0.267. The van der Waals surface area contributed by atoms with Crippen LogP contribution in [0.1, 0.15) is 38.8 Å². The first kappa shape index (κ1) is 22.2. The van der Waals surface area contributed by atoms with Crippen molar-refractivity contribution in [1.82, 2.24) is 4.90 Å². The molecule has 2 aromatic carbocycles. The zero-order valence-corrected chi connectivity index (χ0v) is 19.7. The molecule has 1 aliphatic heterocycles. The molecule has 166 valence electrons. The average molecular weight is 448 g/mol. The van der Waals surface area contributed by atoms with Crippen LogP contribution in [-0.4, -0.2) is 44.3 Å². The van der Waals surface area contributed by atoms with Crippen LogP contribution in [-0.2, 0) is 24.2 Å². The summed E-state index contributed by atoms with van der Waals surface area (Å²) in [6, 6.07) is 18.7. The normalized spacial score (nSPS) is 13.8. The highest BCUT2D eigenvalue weighted by Gasteiger charge is 2.28. The van der Waals surface area contributed by atoms with Crippen LogP contribution in [0.2, 0.25) is 0 Å². The SMILES string of the molecule is CCOC(=O)c1c(N=Cc2ccc(N(C)C)cc2)sc2c1CCN(Cc1ccccc1)C2. The fraction of sp³-hybridized carbons (Fsp3) is 0.308. The van der Waals surface area contributed by atoms with Gasteiger partial charge in [-0.1, -0.05) is 42.5 Å². The molecule has 32 heavy (non-hydrogen) atoms. The predicted molar refractivity (Wildman–Crippen MR) is 133 cm³/mol. The van der Waals surface area contributed by atoms with Crippen LogP contribution >= 0.6 is 11.3 Å². The van der Waals surface area contributed by atoms with Gasteiger partial charge in [0.05, 0.1) is 12.2 Å². The van der Waals surface area contributed by atoms with E-state index in [-0.39, 0.29) is 5.97 Å². The van der Waals surface area contributed by atoms with Crippen LogP contribution in [0.15, 0.2) is 59.6 Å². The number of carbonyl (C=O) groups excluding carboxylic acids is 1. The standard InChI is InChI=1S/C26H29N3O2S/c1-4-31-26(30)24-22-14-15-29(17-20-8-6-5-7-9-20)18-23(22)32-25(24)27-16-19-10-12-21(13-11-19)28(2)3/h5-13,16H,4,14-15,17-18H2,1-3H3. The number of carbonyl (C=O) groups is 1. The molecule has 4 rings (SSSR count). The highest BCUT2D eigenvalue weighted by atomic mass is 32.1. The van der Waals surface area contributed by atoms with E-state index in [1.165, 1.54) is 10.4 Å². The Labute approximate surface area is 194 Å². The van der Waals surface area contributed by atoms with Crippen LogP contribution in [0.4, 0.5) is 10.7 Å². The Morgan fingerprint density at radius 1 is 1.16 bits per heavy atom. The topological polar surface area (TPSA) is 45.1 Å². The molecule has 5 nitrogen and oxygen atoms in total. The van der Waals surface area contributed by atoms with Crippen LogP contribution in [0.5, 0.6) is 0 Å². The Morgan fingerprint density at radius 2 is 1.91 bits per heavy atom. The van der Waals surface area contributed by atoms with Crippen molar-refractivity contribution in [2.24, 2.45) is 4.99 Å². The molecule has 1 aromatic heterocycles. The second-order valence-corrected chi connectivity index (χ2v) is 9.18. The zero-order chi connectivity index (χ0) is 22.5. The minimum atomic E-state index is -0.267. The van der Waals surface area contributed by atoms with Gasteiger partial charge in [-0.25, -0.2) is 9.79 Å². The number of aliphatic imine (C=N–C) groups is 1. The highest BCUT2D eigenvalue weighted by molar-refractivity contribution is 7.16. The zero-order valence-electron chi connectivity index (χ0n) is 18.9. The van der Waals surface area contributed by atoms with Crippen LogP contribution in [0.25, 0.3) is 0 Å². The summed E-state index contributed by atoms with van der Waals surface area (Å²) < 4.78 is 5.38. The number of ether oxygens (including phenoxy) is 1. The van der Waals surface area contributed by atoms with E-state index in [0.717, 1.165) is 47.9 Å². The van der Waals surface area contributed by atoms with Gasteiger partial charge in [-0.2, -0.15) is 0 Å². The number of benzene rings is 2. The van der Waals surface area contributed by atoms with Gasteiger partial charge < -0.3 is 9.64 Å². The van der Waals surface area contributed by atoms with Gasteiger partial charge in [0.2, 0.25) is 0 Å². The van der Waals surface area contributed by atoms with Crippen molar-refractivity contribution in [2.45, 2.75) is 26.4 Å². The number of rotatable bonds is 7. The third-order valence-electron chi connectivity index (χ3n) is 5.59. The third-order valence-corrected chi connectivity index (χ3v) is 6.71. The van der Waals surface area contributed by atoms with Gasteiger partial charge in [0, 0.05) is 50.5 Å². The van der Waals surface area contributed by atoms with Crippen LogP contribution in [0.3, 0.4) is 0 Å². The molecule has 0 aliphatic carbocycles. The minimum absolute atomic E-state index is 0.267. The quantitative estimate of drug-likeness (QED) is 0.364. The van der Waals surface area contributed by atoms with Gasteiger partial charge in [-0.3, -0.25) is 4.90 Å². The van der Waals surface area contributed by atoms with Crippen molar-refractivity contribution < 1.29 is 9.53 Å². The molecule has 2 heterocycles. The van der Waals surface area contributed by atoms with E-state index in [1.807, 2.05) is 45.4 Å². The Bertz CT molecular complexity index is 1090. The lowest BCUT2D eigenvalue weighted by Crippen LogP contribution is -2.29. The molecule has 0 bridgehead atoms. The Balaban J connectivity index is 1.59. The first-order valence-corrected chi connectivity index (χ1v) is 11.8. The summed E-state index contributed by atoms with van der Waals surface area (Å²) in [6.45, 7) is 4.85. The first-order chi connectivity index (χ1) is 15.5. The van der Waals surface area contributed by atoms with Gasteiger partial charge in [0.25, 0.3) is 0 Å². The maximum Gasteiger partial charge on any atom is 0.341 e. The highest BCUT2D eigenvalue weighted by Crippen LogP contribution is 2.39. The van der Waals surface area contributed by atoms with Gasteiger partial charge in [-0.05, 0) is 42.2 Å². The van der Waals surface area contributed by atoms with Crippen molar-refractivity contribution in [3.05, 3.63) is 81.7 Å². The summed E-state index contributed by atoms with van der Waals surface area (Å²) in [6.07, 6.45) is 2.67. The Hall–Kier alpha value is -2.96. The van der Waals surface area contributed by atoms with Crippen molar-refractivity contribution >= 4 is 34.2 Å². The fourth-order valence-corrected chi connectivity index (χ4v) is 5.14. The molecule has 3 aromatic rings. The van der Waals surface area contributed by atoms with Gasteiger partial charge in [0.15, 0.2) is 0 Å². The lowest BCUT2D eigenvalue weighted by molar-refractivity contribution is 0.0526. The monoisotopic (exact) mass is 447 g/mol. The molecular weight excluding hydrogens is 418 g/mol. The van der Waals surface area contributed by atoms with Gasteiger partial charge in [-0.15, -0.1) is 11.3 Å². The fourth-order valence-electron chi connectivity index (χ4n) is 3.91. The molecule has 0 radical (unpaired) electrons. The van der Waals surface area contributed by atoms with E-state index in [0.29, 0.717) is 12.2 Å². The number of esters is 1. The third kappa shape index (κ3) is 5.09. The molecule has 0 atom stereocenters. The molecule has 0 saturated carbocycles. The Kier molecular flexibility index (Phi) is 7.02. The van der Waals surface area contributed by atoms with Crippen molar-refractivity contribution in [2.75, 3.05) is 32.1 Å². The van der Waals surface area contributed by atoms with Gasteiger partial charge >= 0.3 is 5.97 Å². The Morgan fingerprint density at radius 3 is 2.59 bits per heavy atom. The number of hydrogen-bond donors (Lipinski definition) is 0. The van der Waals surface area contributed by atoms with Crippen molar-refractivity contribution in [3.8, 4) is 0 Å². The van der Waals surface area contributed by atoms with E-state index in [4.69, 9.17) is 9.73 Å². The number of anilines is 1. The maximum absolute atomic E-state index is 12.8. The van der Waals surface area contributed by atoms with Gasteiger partial charge in [0.1, 0.15) is 5.00 Å². The second-order valence-electron chi connectivity index (χ2n) is 8.09. The lowest BCUT2D eigenvalue weighted by Gasteiger charge is -2.27. The molecule has 1 aliphatic rings. The lowest BCUT2D eigenvalue weighted by atomic mass is 10.0. The summed E-state index contributed by atoms with van der Waals surface area (Å²) in [4.78, 5) is 23.2. The van der Waals surface area contributed by atoms with E-state index in [2.05, 4.69) is 46.2 Å². The van der Waals surface area contributed by atoms with E-state index >= 15 is 0 Å². The van der Waals surface area contributed by atoms with Crippen LogP contribution in [0, 0.1) is 0 Å². The number of nitrogens with zero attached hydrogens (tertiary/aromatic N) is 3. The second kappa shape index (κ2) is 10.1. The summed E-state index contributed by atoms with van der Waals surface area (Å²) >= 11 is 1.61. The summed E-state index contributed by atoms with van der Waals surface area (Å²) in [5.41, 5.74) is 5.19. The molecular formula is C26H29N3O2S. The number of thiophene rings is 1. The minimum Gasteiger partial charge on any atom is -0.462 e. The molecule has 0 amide bonds. The van der Waals surface area contributed by atoms with Crippen molar-refractivity contribution in [1.29, 1.82) is 0 Å². The predicted octanol–water partition coefficient (Wildman–Crippen LogP) is 5.30. The number of hydrogen-bond acceptors (Lipinski definition) is 6. The van der Waals surface area contributed by atoms with Crippen LogP contribution < -0.4 is 4.90 Å². The van der Waals surface area contributed by atoms with Crippen molar-refractivity contribution in [3.63, 3.8) is 0 Å². The summed E-state index contributed by atoms with van der Waals surface area (Å²) in [7, 11) is 4.04. The largest absolute Gasteiger partial charge is 0.462 e. The van der Waals surface area contributed by atoms with E-state index in [9.17, 15) is 4.79 Å². The molecule has 0 unspecified atom stereocenters. The first-order valence-electron chi connectivity index (χ1n) is 10.9. The number of fused-ring (bicyclic) bond motifs is 1. The molecule has 0 spiro atoms.